The number of nitrogens with two attached hydrogens (primary N) is 2. The second-order valence-corrected chi connectivity index (χ2v) is 4.90. The van der Waals surface area contributed by atoms with Gasteiger partial charge >= 0.3 is 0 Å². The molecular weight excluding hydrogens is 208 g/mol. The van der Waals surface area contributed by atoms with Gasteiger partial charge in [-0.3, -0.25) is 0 Å². The Labute approximate surface area is 101 Å². The molecule has 0 aromatic heterocycles. The van der Waals surface area contributed by atoms with Gasteiger partial charge in [-0.15, -0.1) is 0 Å². The summed E-state index contributed by atoms with van der Waals surface area (Å²) in [6, 6.07) is 10.5. The number of rotatable bonds is 0. The van der Waals surface area contributed by atoms with Crippen LogP contribution < -0.4 is 11.5 Å². The van der Waals surface area contributed by atoms with Crippen molar-refractivity contribution in [3.05, 3.63) is 52.6 Å². The first-order valence-corrected chi connectivity index (χ1v) is 5.81. The Morgan fingerprint density at radius 3 is 2.53 bits per heavy atom. The van der Waals surface area contributed by atoms with Crippen LogP contribution in [0.2, 0.25) is 0 Å². The maximum atomic E-state index is 6.25. The van der Waals surface area contributed by atoms with Crippen molar-refractivity contribution >= 4 is 16.8 Å². The Morgan fingerprint density at radius 1 is 1.00 bits per heavy atom. The molecule has 2 aromatic carbocycles. The van der Waals surface area contributed by atoms with E-state index < -0.39 is 5.66 Å². The van der Waals surface area contributed by atoms with E-state index in [0.717, 1.165) is 11.1 Å². The van der Waals surface area contributed by atoms with Crippen LogP contribution in [0.15, 0.2) is 35.9 Å². The lowest BCUT2D eigenvalue weighted by Crippen LogP contribution is -2.48. The minimum absolute atomic E-state index is 0.847. The number of hydrogen-bond acceptors (Lipinski definition) is 2. The zero-order chi connectivity index (χ0) is 12.2. The van der Waals surface area contributed by atoms with E-state index in [9.17, 15) is 0 Å². The number of benzene rings is 2. The summed E-state index contributed by atoms with van der Waals surface area (Å²) in [5.41, 5.74) is 16.2. The van der Waals surface area contributed by atoms with Crippen molar-refractivity contribution in [2.45, 2.75) is 19.5 Å². The van der Waals surface area contributed by atoms with Crippen LogP contribution in [0.1, 0.15) is 23.6 Å². The Hall–Kier alpha value is -1.64. The van der Waals surface area contributed by atoms with Crippen LogP contribution in [0, 0.1) is 6.92 Å². The molecule has 0 bridgehead atoms. The average Bonchev–Trinajstić information content (AvgIpc) is 2.30. The second-order valence-electron chi connectivity index (χ2n) is 4.90. The molecule has 0 aliphatic heterocycles. The highest BCUT2D eigenvalue weighted by Crippen LogP contribution is 2.38. The molecule has 0 fully saturated rings. The van der Waals surface area contributed by atoms with Gasteiger partial charge in [-0.25, -0.2) is 0 Å². The standard InChI is InChI=1S/C15H16N2/c1-9-6-7-11-8-10(2)15(16,17)13-5-3-4-12(9)14(11)13/h3-8H,16-17H2,1-2H3. The maximum absolute atomic E-state index is 6.25. The third-order valence-electron chi connectivity index (χ3n) is 3.76. The van der Waals surface area contributed by atoms with E-state index in [-0.39, 0.29) is 0 Å². The summed E-state index contributed by atoms with van der Waals surface area (Å²) in [5, 5.41) is 2.44. The van der Waals surface area contributed by atoms with Crippen molar-refractivity contribution in [3.8, 4) is 0 Å². The van der Waals surface area contributed by atoms with Gasteiger partial charge in [-0.05, 0) is 46.9 Å². The number of hydrogen-bond donors (Lipinski definition) is 2. The fourth-order valence-electron chi connectivity index (χ4n) is 2.61. The second kappa shape index (κ2) is 3.19. The summed E-state index contributed by atoms with van der Waals surface area (Å²) in [6.07, 6.45) is 2.09. The van der Waals surface area contributed by atoms with E-state index in [1.54, 1.807) is 0 Å². The fraction of sp³-hybridized carbons (Fsp3) is 0.200. The maximum Gasteiger partial charge on any atom is 0.113 e. The Bertz CT molecular complexity index is 651. The highest BCUT2D eigenvalue weighted by Gasteiger charge is 2.30. The lowest BCUT2D eigenvalue weighted by molar-refractivity contribution is 0.559. The van der Waals surface area contributed by atoms with Crippen molar-refractivity contribution < 1.29 is 0 Å². The molecule has 17 heavy (non-hydrogen) atoms. The first kappa shape index (κ1) is 10.5. The smallest absolute Gasteiger partial charge is 0.113 e. The zero-order valence-corrected chi connectivity index (χ0v) is 10.1. The van der Waals surface area contributed by atoms with Crippen LogP contribution in [0.25, 0.3) is 16.8 Å². The number of aryl methyl sites for hydroxylation is 1. The van der Waals surface area contributed by atoms with Crippen molar-refractivity contribution in [1.29, 1.82) is 0 Å². The van der Waals surface area contributed by atoms with Crippen molar-refractivity contribution in [3.63, 3.8) is 0 Å². The van der Waals surface area contributed by atoms with Gasteiger partial charge in [0.15, 0.2) is 0 Å². The molecule has 0 unspecified atom stereocenters. The summed E-state index contributed by atoms with van der Waals surface area (Å²) in [6.45, 7) is 4.10. The molecule has 0 amide bonds. The predicted molar refractivity (Wildman–Crippen MR) is 72.4 cm³/mol. The minimum atomic E-state index is -0.847. The lowest BCUT2D eigenvalue weighted by atomic mass is 9.81. The molecule has 2 heteroatoms. The summed E-state index contributed by atoms with van der Waals surface area (Å²) in [4.78, 5) is 0. The molecule has 0 saturated heterocycles. The van der Waals surface area contributed by atoms with Crippen LogP contribution in [0.3, 0.4) is 0 Å². The van der Waals surface area contributed by atoms with E-state index in [4.69, 9.17) is 11.5 Å². The first-order valence-electron chi connectivity index (χ1n) is 5.81. The molecule has 1 aliphatic rings. The molecule has 2 nitrogen and oxygen atoms in total. The molecule has 2 aromatic rings. The largest absolute Gasteiger partial charge is 0.306 e. The average molecular weight is 224 g/mol. The lowest BCUT2D eigenvalue weighted by Gasteiger charge is -2.32. The Balaban J connectivity index is 2.54. The SMILES string of the molecule is CC1=Cc2ccc(C)c3cccc(c23)C1(N)N. The van der Waals surface area contributed by atoms with Crippen molar-refractivity contribution in [2.24, 2.45) is 11.5 Å². The molecular formula is C15H16N2. The van der Waals surface area contributed by atoms with Gasteiger partial charge in [0, 0.05) is 0 Å². The Kier molecular flexibility index (Phi) is 1.97. The molecule has 0 atom stereocenters. The first-order chi connectivity index (χ1) is 8.01. The molecule has 3 rings (SSSR count). The molecule has 1 aliphatic carbocycles. The van der Waals surface area contributed by atoms with Gasteiger partial charge in [0.2, 0.25) is 0 Å². The van der Waals surface area contributed by atoms with Crippen LogP contribution in [-0.4, -0.2) is 0 Å². The van der Waals surface area contributed by atoms with Crippen molar-refractivity contribution in [1.82, 2.24) is 0 Å². The quantitative estimate of drug-likeness (QED) is 0.676. The van der Waals surface area contributed by atoms with Gasteiger partial charge in [-0.2, -0.15) is 0 Å². The third kappa shape index (κ3) is 1.28. The summed E-state index contributed by atoms with van der Waals surface area (Å²) >= 11 is 0. The van der Waals surface area contributed by atoms with Crippen LogP contribution in [-0.2, 0) is 5.66 Å². The monoisotopic (exact) mass is 224 g/mol. The van der Waals surface area contributed by atoms with E-state index in [1.165, 1.54) is 21.9 Å². The molecule has 0 heterocycles. The van der Waals surface area contributed by atoms with E-state index >= 15 is 0 Å². The van der Waals surface area contributed by atoms with Gasteiger partial charge in [0.1, 0.15) is 5.66 Å². The highest BCUT2D eigenvalue weighted by molar-refractivity contribution is 5.98. The molecule has 0 radical (unpaired) electrons. The highest BCUT2D eigenvalue weighted by atomic mass is 15.0. The van der Waals surface area contributed by atoms with Gasteiger partial charge < -0.3 is 11.5 Å². The van der Waals surface area contributed by atoms with Gasteiger partial charge in [-0.1, -0.05) is 36.4 Å². The summed E-state index contributed by atoms with van der Waals surface area (Å²) in [5.74, 6) is 0. The molecule has 86 valence electrons. The van der Waals surface area contributed by atoms with Crippen LogP contribution >= 0.6 is 0 Å². The molecule has 0 saturated carbocycles. The molecule has 0 spiro atoms. The predicted octanol–water partition coefficient (Wildman–Crippen LogP) is 2.64. The van der Waals surface area contributed by atoms with E-state index in [1.807, 2.05) is 19.1 Å². The topological polar surface area (TPSA) is 52.0 Å². The van der Waals surface area contributed by atoms with Crippen LogP contribution in [0.4, 0.5) is 0 Å². The summed E-state index contributed by atoms with van der Waals surface area (Å²) < 4.78 is 0. The zero-order valence-electron chi connectivity index (χ0n) is 10.1. The fourth-order valence-corrected chi connectivity index (χ4v) is 2.61. The Morgan fingerprint density at radius 2 is 1.76 bits per heavy atom. The summed E-state index contributed by atoms with van der Waals surface area (Å²) in [7, 11) is 0. The third-order valence-corrected chi connectivity index (χ3v) is 3.76. The van der Waals surface area contributed by atoms with E-state index in [2.05, 4.69) is 31.2 Å². The van der Waals surface area contributed by atoms with Crippen molar-refractivity contribution in [2.75, 3.05) is 0 Å². The van der Waals surface area contributed by atoms with Crippen LogP contribution in [0.5, 0.6) is 0 Å². The normalized spacial score (nSPS) is 17.1. The minimum Gasteiger partial charge on any atom is -0.306 e. The van der Waals surface area contributed by atoms with Gasteiger partial charge in [0.25, 0.3) is 0 Å². The van der Waals surface area contributed by atoms with E-state index in [0.29, 0.717) is 0 Å². The van der Waals surface area contributed by atoms with Gasteiger partial charge in [0.05, 0.1) is 0 Å². The molecule has 4 N–H and O–H groups in total.